The van der Waals surface area contributed by atoms with Crippen molar-refractivity contribution in [2.75, 3.05) is 0 Å². The van der Waals surface area contributed by atoms with Gasteiger partial charge in [0.05, 0.1) is 6.20 Å². The Balaban J connectivity index is 2.52. The highest BCUT2D eigenvalue weighted by Crippen LogP contribution is 2.29. The molecule has 0 aliphatic carbocycles. The lowest BCUT2D eigenvalue weighted by Crippen LogP contribution is -1.79. The van der Waals surface area contributed by atoms with E-state index in [0.29, 0.717) is 0 Å². The van der Waals surface area contributed by atoms with E-state index in [4.69, 9.17) is 11.6 Å². The van der Waals surface area contributed by atoms with E-state index in [0.717, 1.165) is 9.34 Å². The summed E-state index contributed by atoms with van der Waals surface area (Å²) in [4.78, 5) is 4.23. The molecule has 2 rings (SSSR count). The van der Waals surface area contributed by atoms with E-state index in [1.807, 2.05) is 12.1 Å². The first-order valence-electron chi connectivity index (χ1n) is 3.95. The SMILES string of the molecule is Cc1ccccc1-c1ncc(Cl)s1. The molecule has 0 amide bonds. The smallest absolute Gasteiger partial charge is 0.124 e. The molecule has 0 radical (unpaired) electrons. The molecular weight excluding hydrogens is 202 g/mol. The van der Waals surface area contributed by atoms with Gasteiger partial charge in [-0.25, -0.2) is 4.98 Å². The molecule has 0 saturated heterocycles. The van der Waals surface area contributed by atoms with Crippen LogP contribution in [0.1, 0.15) is 5.56 Å². The molecule has 1 aromatic carbocycles. The number of hydrogen-bond donors (Lipinski definition) is 0. The van der Waals surface area contributed by atoms with E-state index in [2.05, 4.69) is 24.0 Å². The van der Waals surface area contributed by atoms with Crippen molar-refractivity contribution in [1.29, 1.82) is 0 Å². The lowest BCUT2D eigenvalue weighted by atomic mass is 10.1. The summed E-state index contributed by atoms with van der Waals surface area (Å²) in [6.07, 6.45) is 1.69. The van der Waals surface area contributed by atoms with Crippen LogP contribution in [0.3, 0.4) is 0 Å². The molecule has 66 valence electrons. The molecule has 2 aromatic rings. The van der Waals surface area contributed by atoms with Crippen molar-refractivity contribution in [2.24, 2.45) is 0 Å². The minimum Gasteiger partial charge on any atom is -0.243 e. The topological polar surface area (TPSA) is 12.9 Å². The van der Waals surface area contributed by atoms with Crippen LogP contribution in [0.25, 0.3) is 10.6 Å². The van der Waals surface area contributed by atoms with Gasteiger partial charge in [-0.15, -0.1) is 11.3 Å². The molecule has 0 bridgehead atoms. The van der Waals surface area contributed by atoms with Crippen LogP contribution in [0.4, 0.5) is 0 Å². The highest BCUT2D eigenvalue weighted by molar-refractivity contribution is 7.18. The second-order valence-electron chi connectivity index (χ2n) is 2.78. The van der Waals surface area contributed by atoms with Crippen molar-refractivity contribution in [3.05, 3.63) is 40.4 Å². The Labute approximate surface area is 86.0 Å². The highest BCUT2D eigenvalue weighted by Gasteiger charge is 2.04. The zero-order chi connectivity index (χ0) is 9.26. The third-order valence-corrected chi connectivity index (χ3v) is 3.00. The second kappa shape index (κ2) is 3.48. The maximum atomic E-state index is 5.82. The molecule has 0 saturated carbocycles. The Kier molecular flexibility index (Phi) is 2.34. The molecule has 0 spiro atoms. The Morgan fingerprint density at radius 3 is 2.69 bits per heavy atom. The number of aryl methyl sites for hydroxylation is 1. The van der Waals surface area contributed by atoms with Crippen molar-refractivity contribution < 1.29 is 0 Å². The Bertz CT molecular complexity index is 422. The van der Waals surface area contributed by atoms with Gasteiger partial charge in [0, 0.05) is 5.56 Å². The largest absolute Gasteiger partial charge is 0.243 e. The lowest BCUT2D eigenvalue weighted by molar-refractivity contribution is 1.38. The molecule has 0 aliphatic heterocycles. The van der Waals surface area contributed by atoms with Gasteiger partial charge in [0.15, 0.2) is 0 Å². The third kappa shape index (κ3) is 1.74. The third-order valence-electron chi connectivity index (χ3n) is 1.85. The van der Waals surface area contributed by atoms with E-state index in [-0.39, 0.29) is 0 Å². The summed E-state index contributed by atoms with van der Waals surface area (Å²) in [5.74, 6) is 0. The van der Waals surface area contributed by atoms with Crippen LogP contribution in [0.15, 0.2) is 30.5 Å². The average Bonchev–Trinajstić information content (AvgIpc) is 2.53. The maximum absolute atomic E-state index is 5.82. The number of halogens is 1. The van der Waals surface area contributed by atoms with E-state index >= 15 is 0 Å². The normalized spacial score (nSPS) is 10.3. The average molecular weight is 210 g/mol. The predicted octanol–water partition coefficient (Wildman–Crippen LogP) is 3.77. The summed E-state index contributed by atoms with van der Waals surface area (Å²) in [7, 11) is 0. The van der Waals surface area contributed by atoms with Crippen molar-refractivity contribution in [3.8, 4) is 10.6 Å². The van der Waals surface area contributed by atoms with Crippen molar-refractivity contribution in [2.45, 2.75) is 6.92 Å². The number of hydrogen-bond acceptors (Lipinski definition) is 2. The number of benzene rings is 1. The van der Waals surface area contributed by atoms with Crippen LogP contribution >= 0.6 is 22.9 Å². The Morgan fingerprint density at radius 1 is 1.31 bits per heavy atom. The monoisotopic (exact) mass is 209 g/mol. The first kappa shape index (κ1) is 8.73. The quantitative estimate of drug-likeness (QED) is 0.697. The van der Waals surface area contributed by atoms with Crippen LogP contribution in [-0.4, -0.2) is 4.98 Å². The van der Waals surface area contributed by atoms with Gasteiger partial charge in [-0.1, -0.05) is 35.9 Å². The summed E-state index contributed by atoms with van der Waals surface area (Å²) in [6.45, 7) is 2.07. The Morgan fingerprint density at radius 2 is 2.08 bits per heavy atom. The van der Waals surface area contributed by atoms with Gasteiger partial charge in [-0.3, -0.25) is 0 Å². The maximum Gasteiger partial charge on any atom is 0.124 e. The summed E-state index contributed by atoms with van der Waals surface area (Å²) in [5, 5.41) is 0.989. The minimum absolute atomic E-state index is 0.734. The fourth-order valence-electron chi connectivity index (χ4n) is 1.19. The van der Waals surface area contributed by atoms with Gasteiger partial charge in [-0.2, -0.15) is 0 Å². The van der Waals surface area contributed by atoms with Crippen molar-refractivity contribution in [1.82, 2.24) is 4.98 Å². The zero-order valence-electron chi connectivity index (χ0n) is 7.12. The molecule has 1 nitrogen and oxygen atoms in total. The summed E-state index contributed by atoms with van der Waals surface area (Å²) in [6, 6.07) is 8.17. The molecule has 0 unspecified atom stereocenters. The predicted molar refractivity (Wildman–Crippen MR) is 57.3 cm³/mol. The lowest BCUT2D eigenvalue weighted by Gasteiger charge is -1.99. The molecule has 0 fully saturated rings. The molecule has 1 aromatic heterocycles. The van der Waals surface area contributed by atoms with E-state index in [9.17, 15) is 0 Å². The second-order valence-corrected chi connectivity index (χ2v) is 4.45. The minimum atomic E-state index is 0.734. The standard InChI is InChI=1S/C10H8ClNS/c1-7-4-2-3-5-8(7)10-12-6-9(11)13-10/h2-6H,1H3. The first-order chi connectivity index (χ1) is 6.27. The van der Waals surface area contributed by atoms with Crippen molar-refractivity contribution >= 4 is 22.9 Å². The molecule has 13 heavy (non-hydrogen) atoms. The van der Waals surface area contributed by atoms with E-state index < -0.39 is 0 Å². The molecular formula is C10H8ClNS. The van der Waals surface area contributed by atoms with Crippen LogP contribution in [0, 0.1) is 6.92 Å². The Hall–Kier alpha value is -0.860. The molecule has 0 N–H and O–H groups in total. The molecule has 1 heterocycles. The summed E-state index contributed by atoms with van der Waals surface area (Å²) < 4.78 is 0.734. The summed E-state index contributed by atoms with van der Waals surface area (Å²) >= 11 is 7.33. The van der Waals surface area contributed by atoms with Crippen LogP contribution < -0.4 is 0 Å². The van der Waals surface area contributed by atoms with Gasteiger partial charge >= 0.3 is 0 Å². The molecule has 0 aliphatic rings. The van der Waals surface area contributed by atoms with Gasteiger partial charge in [-0.05, 0) is 12.5 Å². The van der Waals surface area contributed by atoms with Crippen LogP contribution in [0.2, 0.25) is 4.34 Å². The van der Waals surface area contributed by atoms with E-state index in [1.54, 1.807) is 6.20 Å². The van der Waals surface area contributed by atoms with Crippen molar-refractivity contribution in [3.63, 3.8) is 0 Å². The number of aromatic nitrogens is 1. The fourth-order valence-corrected chi connectivity index (χ4v) is 2.19. The van der Waals surface area contributed by atoms with Gasteiger partial charge in [0.1, 0.15) is 9.34 Å². The van der Waals surface area contributed by atoms with Gasteiger partial charge in [0.25, 0.3) is 0 Å². The summed E-state index contributed by atoms with van der Waals surface area (Å²) in [5.41, 5.74) is 2.40. The first-order valence-corrected chi connectivity index (χ1v) is 5.14. The molecule has 0 atom stereocenters. The van der Waals surface area contributed by atoms with Crippen LogP contribution in [0.5, 0.6) is 0 Å². The van der Waals surface area contributed by atoms with Crippen LogP contribution in [-0.2, 0) is 0 Å². The number of thiazole rings is 1. The molecule has 3 heteroatoms. The fraction of sp³-hybridized carbons (Fsp3) is 0.100. The van der Waals surface area contributed by atoms with Gasteiger partial charge in [0.2, 0.25) is 0 Å². The highest BCUT2D eigenvalue weighted by atomic mass is 35.5. The van der Waals surface area contributed by atoms with E-state index in [1.165, 1.54) is 22.5 Å². The number of nitrogens with zero attached hydrogens (tertiary/aromatic N) is 1. The van der Waals surface area contributed by atoms with Gasteiger partial charge < -0.3 is 0 Å². The number of rotatable bonds is 1. The zero-order valence-corrected chi connectivity index (χ0v) is 8.69.